The predicted molar refractivity (Wildman–Crippen MR) is 79.2 cm³/mol. The molecule has 142 valence electrons. The first-order valence-corrected chi connectivity index (χ1v) is 8.86. The fourth-order valence-electron chi connectivity index (χ4n) is 1.79. The van der Waals surface area contributed by atoms with Crippen molar-refractivity contribution < 1.29 is 40.0 Å². The number of benzene rings is 1. The molecular formula is C13H17F5N2O4Si. The van der Waals surface area contributed by atoms with Crippen LogP contribution >= 0.6 is 0 Å². The zero-order valence-corrected chi connectivity index (χ0v) is 14.8. The van der Waals surface area contributed by atoms with Crippen LogP contribution in [0.5, 0.6) is 0 Å². The minimum absolute atomic E-state index is 0.306. The van der Waals surface area contributed by atoms with Gasteiger partial charge in [-0.2, -0.15) is 0 Å². The maximum atomic E-state index is 13.5. The van der Waals surface area contributed by atoms with Crippen molar-refractivity contribution in [2.75, 3.05) is 25.7 Å². The van der Waals surface area contributed by atoms with E-state index in [9.17, 15) is 26.7 Å². The molecule has 0 aliphatic carbocycles. The summed E-state index contributed by atoms with van der Waals surface area (Å²) in [4.78, 5) is 11.8. The Morgan fingerprint density at radius 2 is 1.40 bits per heavy atom. The van der Waals surface area contributed by atoms with Gasteiger partial charge in [0.2, 0.25) is 5.82 Å². The van der Waals surface area contributed by atoms with E-state index in [4.69, 9.17) is 13.3 Å². The number of hydrogen-bond acceptors (Lipinski definition) is 4. The van der Waals surface area contributed by atoms with Crippen LogP contribution in [-0.2, 0) is 13.3 Å². The molecule has 1 rings (SSSR count). The molecule has 0 spiro atoms. The van der Waals surface area contributed by atoms with E-state index in [0.29, 0.717) is 0 Å². The summed E-state index contributed by atoms with van der Waals surface area (Å²) in [6.07, 6.45) is -0.619. The summed E-state index contributed by atoms with van der Waals surface area (Å²) in [6.45, 7) is 3.38. The molecule has 0 saturated heterocycles. The summed E-state index contributed by atoms with van der Waals surface area (Å²) >= 11 is 0. The summed E-state index contributed by atoms with van der Waals surface area (Å²) in [5, 5.41) is 3.72. The van der Waals surface area contributed by atoms with Crippen LogP contribution in [0.2, 0.25) is 0 Å². The molecule has 2 amide bonds. The highest BCUT2D eigenvalue weighted by molar-refractivity contribution is 6.61. The molecule has 0 saturated carbocycles. The van der Waals surface area contributed by atoms with E-state index >= 15 is 0 Å². The van der Waals surface area contributed by atoms with Crippen molar-refractivity contribution in [2.45, 2.75) is 20.0 Å². The van der Waals surface area contributed by atoms with E-state index < -0.39 is 49.6 Å². The van der Waals surface area contributed by atoms with Crippen molar-refractivity contribution >= 4 is 20.5 Å². The first kappa shape index (κ1) is 21.3. The molecule has 0 unspecified atom stereocenters. The third kappa shape index (κ3) is 4.87. The van der Waals surface area contributed by atoms with Gasteiger partial charge in [-0.15, -0.1) is 0 Å². The van der Waals surface area contributed by atoms with E-state index in [2.05, 4.69) is 5.32 Å². The first-order chi connectivity index (χ1) is 11.6. The lowest BCUT2D eigenvalue weighted by molar-refractivity contribution is 0.0695. The number of amides is 2. The van der Waals surface area contributed by atoms with E-state index in [1.54, 1.807) is 19.2 Å². The topological polar surface area (TPSA) is 68.8 Å². The maximum Gasteiger partial charge on any atom is 0.520 e. The zero-order chi connectivity index (χ0) is 19.4. The maximum absolute atomic E-state index is 13.5. The van der Waals surface area contributed by atoms with Gasteiger partial charge in [0.15, 0.2) is 23.3 Å². The van der Waals surface area contributed by atoms with Crippen molar-refractivity contribution in [3.8, 4) is 0 Å². The Kier molecular flexibility index (Phi) is 7.28. The lowest BCUT2D eigenvalue weighted by atomic mass is 10.2. The van der Waals surface area contributed by atoms with Gasteiger partial charge in [-0.3, -0.25) is 0 Å². The standard InChI is InChI=1S/C13H17F5N2O4Si/c1-6(2)24-25(22-3,23-4)5-19-13(21)20-12-10(17)8(15)7(14)9(16)11(12)18/h6H,5H2,1-4H3,(H2,19,20,21). The van der Waals surface area contributed by atoms with Gasteiger partial charge in [0.05, 0.1) is 6.17 Å². The summed E-state index contributed by atoms with van der Waals surface area (Å²) in [5.41, 5.74) is -1.47. The number of carbonyl (C=O) groups is 1. The second kappa shape index (κ2) is 8.56. The van der Waals surface area contributed by atoms with E-state index in [1.807, 2.05) is 0 Å². The van der Waals surface area contributed by atoms with E-state index in [-0.39, 0.29) is 12.3 Å². The quantitative estimate of drug-likeness (QED) is 0.326. The molecule has 0 aliphatic rings. The summed E-state index contributed by atoms with van der Waals surface area (Å²) in [7, 11) is -0.753. The number of hydrogen-bond donors (Lipinski definition) is 2. The molecule has 6 nitrogen and oxygen atoms in total. The smallest absolute Gasteiger partial charge is 0.376 e. The van der Waals surface area contributed by atoms with Crippen LogP contribution in [0.4, 0.5) is 32.4 Å². The van der Waals surface area contributed by atoms with Gasteiger partial charge in [0, 0.05) is 20.3 Å². The van der Waals surface area contributed by atoms with Gasteiger partial charge >= 0.3 is 14.8 Å². The van der Waals surface area contributed by atoms with Crippen LogP contribution in [0.15, 0.2) is 0 Å². The second-order valence-corrected chi connectivity index (χ2v) is 7.78. The highest BCUT2D eigenvalue weighted by Crippen LogP contribution is 2.27. The molecule has 25 heavy (non-hydrogen) atoms. The molecule has 0 bridgehead atoms. The highest BCUT2D eigenvalue weighted by atomic mass is 28.4. The Balaban J connectivity index is 2.91. The van der Waals surface area contributed by atoms with Crippen molar-refractivity contribution in [3.63, 3.8) is 0 Å². The van der Waals surface area contributed by atoms with Crippen molar-refractivity contribution in [1.82, 2.24) is 5.32 Å². The number of halogens is 5. The molecule has 0 atom stereocenters. The largest absolute Gasteiger partial charge is 0.520 e. The minimum atomic E-state index is -3.31. The Morgan fingerprint density at radius 3 is 1.80 bits per heavy atom. The monoisotopic (exact) mass is 388 g/mol. The Labute approximate surface area is 141 Å². The van der Waals surface area contributed by atoms with Crippen LogP contribution in [0.25, 0.3) is 0 Å². The van der Waals surface area contributed by atoms with Crippen molar-refractivity contribution in [2.24, 2.45) is 0 Å². The van der Waals surface area contributed by atoms with Gasteiger partial charge in [-0.25, -0.2) is 26.7 Å². The Bertz CT molecular complexity index is 614. The number of anilines is 1. The second-order valence-electron chi connectivity index (χ2n) is 5.01. The molecule has 1 aromatic rings. The lowest BCUT2D eigenvalue weighted by Gasteiger charge is -2.28. The van der Waals surface area contributed by atoms with Crippen LogP contribution in [0.3, 0.4) is 0 Å². The summed E-state index contributed by atoms with van der Waals surface area (Å²) in [6, 6.07) is -1.23. The van der Waals surface area contributed by atoms with Gasteiger partial charge < -0.3 is 23.9 Å². The molecule has 0 aromatic heterocycles. The Hall–Kier alpha value is -1.76. The van der Waals surface area contributed by atoms with Crippen LogP contribution < -0.4 is 10.6 Å². The molecular weight excluding hydrogens is 371 g/mol. The van der Waals surface area contributed by atoms with Crippen LogP contribution in [0.1, 0.15) is 13.8 Å². The third-order valence-electron chi connectivity index (χ3n) is 2.95. The van der Waals surface area contributed by atoms with Gasteiger partial charge in [0.25, 0.3) is 0 Å². The molecule has 2 N–H and O–H groups in total. The molecule has 12 heteroatoms. The van der Waals surface area contributed by atoms with Crippen molar-refractivity contribution in [1.29, 1.82) is 0 Å². The first-order valence-electron chi connectivity index (χ1n) is 6.93. The summed E-state index contributed by atoms with van der Waals surface area (Å²) in [5.74, 6) is -11.0. The molecule has 0 heterocycles. The van der Waals surface area contributed by atoms with Crippen LogP contribution in [-0.4, -0.2) is 41.3 Å². The lowest BCUT2D eigenvalue weighted by Crippen LogP contribution is -2.55. The number of carbonyl (C=O) groups excluding carboxylic acids is 1. The van der Waals surface area contributed by atoms with E-state index in [1.165, 1.54) is 14.2 Å². The van der Waals surface area contributed by atoms with Gasteiger partial charge in [0.1, 0.15) is 5.69 Å². The highest BCUT2D eigenvalue weighted by Gasteiger charge is 2.41. The third-order valence-corrected chi connectivity index (χ3v) is 5.64. The fourth-order valence-corrected chi connectivity index (χ4v) is 3.61. The van der Waals surface area contributed by atoms with Gasteiger partial charge in [-0.1, -0.05) is 0 Å². The summed E-state index contributed by atoms with van der Waals surface area (Å²) < 4.78 is 81.9. The van der Waals surface area contributed by atoms with Gasteiger partial charge in [-0.05, 0) is 13.8 Å². The van der Waals surface area contributed by atoms with E-state index in [0.717, 1.165) is 0 Å². The minimum Gasteiger partial charge on any atom is -0.376 e. The zero-order valence-electron chi connectivity index (χ0n) is 13.8. The SMILES string of the molecule is CO[Si](CNC(=O)Nc1c(F)c(F)c(F)c(F)c1F)(OC)OC(C)C. The number of rotatable bonds is 7. The average molecular weight is 388 g/mol. The predicted octanol–water partition coefficient (Wildman–Crippen LogP) is 2.70. The molecule has 0 radical (unpaired) electrons. The molecule has 1 aromatic carbocycles. The average Bonchev–Trinajstić information content (AvgIpc) is 2.58. The molecule has 0 aliphatic heterocycles. The van der Waals surface area contributed by atoms with Crippen molar-refractivity contribution in [3.05, 3.63) is 29.1 Å². The fraction of sp³-hybridized carbons (Fsp3) is 0.462. The normalized spacial score (nSPS) is 11.8. The molecule has 0 fully saturated rings. The van der Waals surface area contributed by atoms with Crippen LogP contribution in [0, 0.1) is 29.1 Å². The number of urea groups is 1. The number of nitrogens with one attached hydrogen (secondary N) is 2. The Morgan fingerprint density at radius 1 is 0.960 bits per heavy atom.